The number of amides is 1. The topological polar surface area (TPSA) is 66.8 Å². The van der Waals surface area contributed by atoms with Crippen LogP contribution in [0, 0.1) is 0 Å². The van der Waals surface area contributed by atoms with Crippen LogP contribution in [0.2, 0.25) is 0 Å². The van der Waals surface area contributed by atoms with Crippen LogP contribution in [0.5, 0.6) is 0 Å². The van der Waals surface area contributed by atoms with E-state index in [-0.39, 0.29) is 31.0 Å². The van der Waals surface area contributed by atoms with Gasteiger partial charge in [-0.05, 0) is 33.1 Å². The molecule has 1 aliphatic rings. The molecule has 0 bridgehead atoms. The van der Waals surface area contributed by atoms with Crippen LogP contribution in [0.3, 0.4) is 0 Å². The molecule has 5 nitrogen and oxygen atoms in total. The van der Waals surface area contributed by atoms with Gasteiger partial charge in [0.2, 0.25) is 0 Å². The number of nitrogens with zero attached hydrogens (tertiary/aromatic N) is 1. The second-order valence-electron chi connectivity index (χ2n) is 4.62. The molecule has 0 aromatic heterocycles. The van der Waals surface area contributed by atoms with Gasteiger partial charge in [-0.2, -0.15) is 0 Å². The van der Waals surface area contributed by atoms with E-state index in [2.05, 4.69) is 0 Å². The Morgan fingerprint density at radius 3 is 2.59 bits per heavy atom. The Hall–Kier alpha value is -1.10. The average Bonchev–Trinajstić information content (AvgIpc) is 2.29. The van der Waals surface area contributed by atoms with Gasteiger partial charge in [-0.25, -0.2) is 0 Å². The summed E-state index contributed by atoms with van der Waals surface area (Å²) in [6.07, 6.45) is 2.35. The van der Waals surface area contributed by atoms with Gasteiger partial charge in [-0.1, -0.05) is 0 Å². The Morgan fingerprint density at radius 2 is 2.12 bits per heavy atom. The van der Waals surface area contributed by atoms with Crippen LogP contribution in [0.15, 0.2) is 0 Å². The fourth-order valence-electron chi connectivity index (χ4n) is 1.96. The van der Waals surface area contributed by atoms with Gasteiger partial charge >= 0.3 is 5.97 Å². The van der Waals surface area contributed by atoms with Gasteiger partial charge in [0.15, 0.2) is 0 Å². The first kappa shape index (κ1) is 14.0. The molecule has 1 amide bonds. The minimum absolute atomic E-state index is 0.00683. The minimum atomic E-state index is -0.881. The maximum Gasteiger partial charge on any atom is 0.305 e. The average molecular weight is 243 g/mol. The number of carboxylic acids is 1. The normalized spacial score (nSPS) is 20.3. The van der Waals surface area contributed by atoms with Gasteiger partial charge in [-0.3, -0.25) is 9.59 Å². The number of carboxylic acid groups (broad SMARTS) is 1. The van der Waals surface area contributed by atoms with E-state index in [1.165, 1.54) is 0 Å². The predicted molar refractivity (Wildman–Crippen MR) is 62.7 cm³/mol. The van der Waals surface area contributed by atoms with Gasteiger partial charge in [0.25, 0.3) is 5.91 Å². The van der Waals surface area contributed by atoms with Crippen LogP contribution in [0.4, 0.5) is 0 Å². The summed E-state index contributed by atoms with van der Waals surface area (Å²) in [7, 11) is 0. The Kier molecular flexibility index (Phi) is 5.41. The standard InChI is InChI=1S/C12H21NO4/c1-9(2)13(7-6-11(14)15)12(16)10-5-3-4-8-17-10/h9-10H,3-8H2,1-2H3,(H,14,15). The van der Waals surface area contributed by atoms with E-state index in [9.17, 15) is 9.59 Å². The van der Waals surface area contributed by atoms with Gasteiger partial charge < -0.3 is 14.7 Å². The highest BCUT2D eigenvalue weighted by Crippen LogP contribution is 2.16. The molecule has 98 valence electrons. The smallest absolute Gasteiger partial charge is 0.305 e. The van der Waals surface area contributed by atoms with Crippen LogP contribution >= 0.6 is 0 Å². The molecule has 0 saturated carbocycles. The molecule has 0 spiro atoms. The van der Waals surface area contributed by atoms with E-state index in [0.29, 0.717) is 6.61 Å². The molecule has 1 unspecified atom stereocenters. The SMILES string of the molecule is CC(C)N(CCC(=O)O)C(=O)C1CCCCO1. The summed E-state index contributed by atoms with van der Waals surface area (Å²) < 4.78 is 5.44. The molecule has 1 aliphatic heterocycles. The lowest BCUT2D eigenvalue weighted by molar-refractivity contribution is -0.149. The molecule has 0 aromatic carbocycles. The number of rotatable bonds is 5. The van der Waals surface area contributed by atoms with Crippen molar-refractivity contribution in [1.29, 1.82) is 0 Å². The van der Waals surface area contributed by atoms with Gasteiger partial charge in [-0.15, -0.1) is 0 Å². The third kappa shape index (κ3) is 4.34. The molecule has 1 N–H and O–H groups in total. The molecule has 1 saturated heterocycles. The summed E-state index contributed by atoms with van der Waals surface area (Å²) in [4.78, 5) is 24.3. The number of aliphatic carboxylic acids is 1. The highest BCUT2D eigenvalue weighted by molar-refractivity contribution is 5.81. The highest BCUT2D eigenvalue weighted by atomic mass is 16.5. The van der Waals surface area contributed by atoms with Crippen molar-refractivity contribution < 1.29 is 19.4 Å². The lowest BCUT2D eigenvalue weighted by Gasteiger charge is -2.31. The Morgan fingerprint density at radius 1 is 1.41 bits per heavy atom. The van der Waals surface area contributed by atoms with Crippen molar-refractivity contribution in [1.82, 2.24) is 4.90 Å². The van der Waals surface area contributed by atoms with E-state index in [1.54, 1.807) is 4.90 Å². The third-order valence-electron chi connectivity index (χ3n) is 2.93. The number of hydrogen-bond donors (Lipinski definition) is 1. The summed E-state index contributed by atoms with van der Waals surface area (Å²) in [5.74, 6) is -0.950. The third-order valence-corrected chi connectivity index (χ3v) is 2.93. The molecule has 1 fully saturated rings. The molecule has 0 radical (unpaired) electrons. The Balaban J connectivity index is 2.55. The fourth-order valence-corrected chi connectivity index (χ4v) is 1.96. The number of hydrogen-bond acceptors (Lipinski definition) is 3. The number of carbonyl (C=O) groups excluding carboxylic acids is 1. The fraction of sp³-hybridized carbons (Fsp3) is 0.833. The van der Waals surface area contributed by atoms with Crippen LogP contribution < -0.4 is 0 Å². The predicted octanol–water partition coefficient (Wildman–Crippen LogP) is 1.27. The molecule has 1 atom stereocenters. The van der Waals surface area contributed by atoms with Crippen molar-refractivity contribution in [3.05, 3.63) is 0 Å². The summed E-state index contributed by atoms with van der Waals surface area (Å²) >= 11 is 0. The maximum absolute atomic E-state index is 12.2. The zero-order valence-electron chi connectivity index (χ0n) is 10.5. The molecular formula is C12H21NO4. The number of ether oxygens (including phenoxy) is 1. The summed E-state index contributed by atoms with van der Waals surface area (Å²) in [6, 6.07) is 0.00683. The van der Waals surface area contributed by atoms with Crippen molar-refractivity contribution >= 4 is 11.9 Å². The van der Waals surface area contributed by atoms with Crippen LogP contribution in [0.1, 0.15) is 39.5 Å². The molecule has 1 heterocycles. The van der Waals surface area contributed by atoms with Crippen LogP contribution in [0.25, 0.3) is 0 Å². The zero-order valence-corrected chi connectivity index (χ0v) is 10.5. The quantitative estimate of drug-likeness (QED) is 0.789. The molecule has 17 heavy (non-hydrogen) atoms. The summed E-state index contributed by atoms with van der Waals surface area (Å²) in [5.41, 5.74) is 0. The second kappa shape index (κ2) is 6.59. The van der Waals surface area contributed by atoms with E-state index >= 15 is 0 Å². The zero-order chi connectivity index (χ0) is 12.8. The minimum Gasteiger partial charge on any atom is -0.481 e. The lowest BCUT2D eigenvalue weighted by atomic mass is 10.1. The Labute approximate surface area is 102 Å². The molecule has 0 aliphatic carbocycles. The monoisotopic (exact) mass is 243 g/mol. The highest BCUT2D eigenvalue weighted by Gasteiger charge is 2.28. The Bertz CT molecular complexity index is 272. The van der Waals surface area contributed by atoms with Crippen molar-refractivity contribution in [2.24, 2.45) is 0 Å². The second-order valence-corrected chi connectivity index (χ2v) is 4.62. The van der Waals surface area contributed by atoms with Crippen molar-refractivity contribution in [2.45, 2.75) is 51.7 Å². The van der Waals surface area contributed by atoms with Gasteiger partial charge in [0.05, 0.1) is 6.42 Å². The van der Waals surface area contributed by atoms with Crippen LogP contribution in [-0.2, 0) is 14.3 Å². The van der Waals surface area contributed by atoms with Crippen molar-refractivity contribution in [3.8, 4) is 0 Å². The van der Waals surface area contributed by atoms with E-state index in [1.807, 2.05) is 13.8 Å². The first-order valence-electron chi connectivity index (χ1n) is 6.16. The van der Waals surface area contributed by atoms with E-state index in [0.717, 1.165) is 19.3 Å². The first-order valence-corrected chi connectivity index (χ1v) is 6.16. The molecule has 5 heteroatoms. The maximum atomic E-state index is 12.2. The van der Waals surface area contributed by atoms with Gasteiger partial charge in [0, 0.05) is 19.2 Å². The largest absolute Gasteiger partial charge is 0.481 e. The van der Waals surface area contributed by atoms with Gasteiger partial charge in [0.1, 0.15) is 6.10 Å². The lowest BCUT2D eigenvalue weighted by Crippen LogP contribution is -2.46. The summed E-state index contributed by atoms with van der Waals surface area (Å²) in [6.45, 7) is 4.66. The van der Waals surface area contributed by atoms with Crippen molar-refractivity contribution in [2.75, 3.05) is 13.2 Å². The molecular weight excluding hydrogens is 222 g/mol. The molecule has 0 aromatic rings. The summed E-state index contributed by atoms with van der Waals surface area (Å²) in [5, 5.41) is 8.67. The van der Waals surface area contributed by atoms with Crippen molar-refractivity contribution in [3.63, 3.8) is 0 Å². The van der Waals surface area contributed by atoms with E-state index in [4.69, 9.17) is 9.84 Å². The number of carbonyl (C=O) groups is 2. The molecule has 1 rings (SSSR count). The first-order chi connectivity index (χ1) is 8.02. The van der Waals surface area contributed by atoms with E-state index < -0.39 is 5.97 Å². The van der Waals surface area contributed by atoms with Crippen LogP contribution in [-0.4, -0.2) is 47.2 Å².